The number of H-pyrrole nitrogens is 1. The van der Waals surface area contributed by atoms with Crippen LogP contribution in [-0.2, 0) is 33.2 Å². The first-order valence-electron chi connectivity index (χ1n) is 11.8. The third-order valence-electron chi connectivity index (χ3n) is 6.34. The number of aromatic nitrogens is 2. The molecule has 1 saturated heterocycles. The number of pyridine rings is 2. The quantitative estimate of drug-likeness (QED) is 0.403. The Morgan fingerprint density at radius 1 is 0.971 bits per heavy atom. The second-order valence-corrected chi connectivity index (χ2v) is 8.69. The summed E-state index contributed by atoms with van der Waals surface area (Å²) in [6.45, 7) is 2.50. The minimum atomic E-state index is -2.02. The van der Waals surface area contributed by atoms with Crippen molar-refractivity contribution in [1.82, 2.24) is 9.97 Å². The Hall–Kier alpha value is -3.36. The third-order valence-corrected chi connectivity index (χ3v) is 6.34. The summed E-state index contributed by atoms with van der Waals surface area (Å²) >= 11 is 0. The Morgan fingerprint density at radius 2 is 1.63 bits per heavy atom. The Bertz CT molecular complexity index is 1280. The zero-order valence-corrected chi connectivity index (χ0v) is 19.5. The number of aliphatic hydroxyl groups is 1. The molecule has 7 heteroatoms. The van der Waals surface area contributed by atoms with Crippen LogP contribution < -0.4 is 5.56 Å². The van der Waals surface area contributed by atoms with E-state index in [2.05, 4.69) is 9.97 Å². The van der Waals surface area contributed by atoms with Crippen LogP contribution in [0.3, 0.4) is 0 Å². The van der Waals surface area contributed by atoms with E-state index in [1.807, 2.05) is 79.7 Å². The Kier molecular flexibility index (Phi) is 6.74. The summed E-state index contributed by atoms with van der Waals surface area (Å²) in [6.07, 6.45) is 0.224. The molecular weight excluding hydrogens is 444 g/mol. The van der Waals surface area contributed by atoms with Crippen molar-refractivity contribution in [2.45, 2.75) is 50.7 Å². The van der Waals surface area contributed by atoms with Crippen molar-refractivity contribution in [2.75, 3.05) is 0 Å². The van der Waals surface area contributed by atoms with E-state index in [1.54, 1.807) is 12.3 Å². The van der Waals surface area contributed by atoms with Gasteiger partial charge in [-0.3, -0.25) is 4.79 Å². The zero-order chi connectivity index (χ0) is 24.3. The zero-order valence-electron chi connectivity index (χ0n) is 19.5. The molecule has 0 saturated carbocycles. The van der Waals surface area contributed by atoms with E-state index < -0.39 is 29.7 Å². The predicted molar refractivity (Wildman–Crippen MR) is 131 cm³/mol. The fourth-order valence-corrected chi connectivity index (χ4v) is 4.53. The topological polar surface area (TPSA) is 93.7 Å². The van der Waals surface area contributed by atoms with Crippen molar-refractivity contribution in [3.05, 3.63) is 112 Å². The van der Waals surface area contributed by atoms with Crippen molar-refractivity contribution < 1.29 is 19.3 Å². The average molecular weight is 473 g/mol. The van der Waals surface area contributed by atoms with Gasteiger partial charge in [0.15, 0.2) is 0 Å². The SMILES string of the molecule is CC[C@H]1OC(O)(c2cc3ccc[nH]c-3nc2=O)[C@@H](OCc2ccccc2)C1OCc1ccccc1. The maximum atomic E-state index is 13.1. The molecule has 0 aliphatic carbocycles. The highest BCUT2D eigenvalue weighted by atomic mass is 16.7. The number of aromatic amines is 1. The fourth-order valence-electron chi connectivity index (χ4n) is 4.53. The van der Waals surface area contributed by atoms with Gasteiger partial charge in [0, 0.05) is 11.8 Å². The molecule has 2 unspecified atom stereocenters. The van der Waals surface area contributed by atoms with Gasteiger partial charge in [-0.2, -0.15) is 4.98 Å². The van der Waals surface area contributed by atoms with Gasteiger partial charge in [0.1, 0.15) is 18.0 Å². The third kappa shape index (κ3) is 4.76. The molecular formula is C28H28N2O5. The lowest BCUT2D eigenvalue weighted by atomic mass is 9.96. The van der Waals surface area contributed by atoms with Crippen molar-refractivity contribution in [1.29, 1.82) is 0 Å². The Morgan fingerprint density at radius 3 is 2.29 bits per heavy atom. The van der Waals surface area contributed by atoms with Crippen LogP contribution in [-0.4, -0.2) is 33.4 Å². The number of nitrogens with zero attached hydrogens (tertiary/aromatic N) is 1. The number of fused-ring (bicyclic) bond motifs is 1. The van der Waals surface area contributed by atoms with E-state index in [-0.39, 0.29) is 12.2 Å². The molecule has 35 heavy (non-hydrogen) atoms. The van der Waals surface area contributed by atoms with Crippen molar-refractivity contribution in [3.8, 4) is 11.4 Å². The highest BCUT2D eigenvalue weighted by Gasteiger charge is 2.58. The number of benzene rings is 2. The lowest BCUT2D eigenvalue weighted by molar-refractivity contribution is -0.250. The fraction of sp³-hybridized carbons (Fsp3) is 0.286. The number of hydrogen-bond acceptors (Lipinski definition) is 6. The highest BCUT2D eigenvalue weighted by molar-refractivity contribution is 5.57. The first kappa shape index (κ1) is 23.4. The summed E-state index contributed by atoms with van der Waals surface area (Å²) in [4.78, 5) is 20.2. The molecule has 0 spiro atoms. The van der Waals surface area contributed by atoms with Crippen LogP contribution in [0.2, 0.25) is 0 Å². The summed E-state index contributed by atoms with van der Waals surface area (Å²) in [7, 11) is 0. The molecule has 3 aliphatic rings. The molecule has 0 radical (unpaired) electrons. The van der Waals surface area contributed by atoms with Crippen LogP contribution in [0.4, 0.5) is 0 Å². The van der Waals surface area contributed by atoms with E-state index in [9.17, 15) is 9.90 Å². The maximum absolute atomic E-state index is 13.1. The summed E-state index contributed by atoms with van der Waals surface area (Å²) in [5, 5.41) is 11.9. The van der Waals surface area contributed by atoms with Crippen LogP contribution in [0, 0.1) is 0 Å². The molecule has 4 atom stereocenters. The van der Waals surface area contributed by atoms with Crippen LogP contribution in [0.25, 0.3) is 11.4 Å². The molecule has 0 amide bonds. The van der Waals surface area contributed by atoms with E-state index in [4.69, 9.17) is 14.2 Å². The Balaban J connectivity index is 1.52. The lowest BCUT2D eigenvalue weighted by Crippen LogP contribution is -2.46. The Labute approximate surface area is 203 Å². The van der Waals surface area contributed by atoms with Gasteiger partial charge in [-0.25, -0.2) is 0 Å². The van der Waals surface area contributed by atoms with Gasteiger partial charge in [0.25, 0.3) is 5.56 Å². The average Bonchev–Trinajstić information content (AvgIpc) is 3.18. The van der Waals surface area contributed by atoms with Gasteiger partial charge in [-0.05, 0) is 35.7 Å². The summed E-state index contributed by atoms with van der Waals surface area (Å²) in [5.74, 6) is -1.58. The minimum Gasteiger partial charge on any atom is -0.368 e. The van der Waals surface area contributed by atoms with Gasteiger partial charge >= 0.3 is 0 Å². The maximum Gasteiger partial charge on any atom is 0.280 e. The van der Waals surface area contributed by atoms with Crippen LogP contribution in [0.5, 0.6) is 0 Å². The molecule has 0 bridgehead atoms. The van der Waals surface area contributed by atoms with Gasteiger partial charge in [0.2, 0.25) is 5.79 Å². The van der Waals surface area contributed by atoms with Gasteiger partial charge < -0.3 is 24.3 Å². The lowest BCUT2D eigenvalue weighted by Gasteiger charge is -2.30. The minimum absolute atomic E-state index is 0.0342. The molecule has 0 aromatic heterocycles. The molecule has 7 nitrogen and oxygen atoms in total. The van der Waals surface area contributed by atoms with Crippen LogP contribution in [0.15, 0.2) is 89.9 Å². The van der Waals surface area contributed by atoms with E-state index in [0.29, 0.717) is 24.4 Å². The second kappa shape index (κ2) is 10.1. The molecule has 2 aromatic carbocycles. The smallest absolute Gasteiger partial charge is 0.280 e. The summed E-state index contributed by atoms with van der Waals surface area (Å²) in [5.41, 5.74) is 2.07. The molecule has 5 rings (SSSR count). The van der Waals surface area contributed by atoms with Crippen molar-refractivity contribution in [3.63, 3.8) is 0 Å². The monoisotopic (exact) mass is 472 g/mol. The highest BCUT2D eigenvalue weighted by Crippen LogP contribution is 2.42. The van der Waals surface area contributed by atoms with Gasteiger partial charge in [-0.1, -0.05) is 67.6 Å². The van der Waals surface area contributed by atoms with E-state index in [0.717, 1.165) is 11.1 Å². The second-order valence-electron chi connectivity index (χ2n) is 8.69. The van der Waals surface area contributed by atoms with Crippen molar-refractivity contribution >= 4 is 0 Å². The number of rotatable bonds is 8. The standard InChI is InChI=1S/C28H28N2O5/c1-2-23-24(33-17-19-10-5-3-6-11-19)25(34-18-20-12-7-4-8-13-20)28(32,35-23)22-16-21-14-9-15-29-26(21)30-27(22)31/h3-16,23-25,32H,2,17-18H2,1H3,(H,29,30,31)/t23-,24?,25+,28?/m1/s1. The van der Waals surface area contributed by atoms with Gasteiger partial charge in [-0.15, -0.1) is 0 Å². The normalized spacial score (nSPS) is 24.1. The molecule has 2 N–H and O–H groups in total. The summed E-state index contributed by atoms with van der Waals surface area (Å²) < 4.78 is 18.8. The van der Waals surface area contributed by atoms with E-state index in [1.165, 1.54) is 0 Å². The van der Waals surface area contributed by atoms with Crippen LogP contribution >= 0.6 is 0 Å². The predicted octanol–water partition coefficient (Wildman–Crippen LogP) is 4.00. The number of nitrogens with one attached hydrogen (secondary N) is 1. The number of hydrogen-bond donors (Lipinski definition) is 2. The molecule has 3 aliphatic heterocycles. The van der Waals surface area contributed by atoms with Crippen molar-refractivity contribution in [2.24, 2.45) is 0 Å². The summed E-state index contributed by atoms with van der Waals surface area (Å²) in [6, 6.07) is 24.7. The molecule has 3 heterocycles. The number of ether oxygens (including phenoxy) is 3. The first-order chi connectivity index (χ1) is 17.1. The largest absolute Gasteiger partial charge is 0.368 e. The van der Waals surface area contributed by atoms with Gasteiger partial charge in [0.05, 0.1) is 24.9 Å². The van der Waals surface area contributed by atoms with E-state index >= 15 is 0 Å². The first-order valence-corrected chi connectivity index (χ1v) is 11.8. The molecule has 1 fully saturated rings. The molecule has 180 valence electrons. The molecule has 2 aromatic rings. The van der Waals surface area contributed by atoms with Crippen LogP contribution in [0.1, 0.15) is 30.0 Å².